The molecular weight excluding hydrogens is 320 g/mol. The van der Waals surface area contributed by atoms with Gasteiger partial charge in [-0.3, -0.25) is 9.59 Å². The lowest BCUT2D eigenvalue weighted by atomic mass is 10.0. The minimum atomic E-state index is -0.838. The molecular formula is C19H24N2O4. The third kappa shape index (κ3) is 5.19. The number of aliphatic hydroxyl groups is 1. The maximum atomic E-state index is 12.1. The zero-order valence-corrected chi connectivity index (χ0v) is 14.7. The Balaban J connectivity index is 1.91. The number of rotatable bonds is 6. The smallest absolute Gasteiger partial charge is 0.313 e. The number of anilines is 1. The molecule has 3 N–H and O–H groups in total. The van der Waals surface area contributed by atoms with Gasteiger partial charge in [-0.05, 0) is 36.6 Å². The van der Waals surface area contributed by atoms with Gasteiger partial charge in [-0.25, -0.2) is 0 Å². The molecule has 134 valence electrons. The Bertz CT molecular complexity index is 710. The van der Waals surface area contributed by atoms with E-state index in [4.69, 9.17) is 4.42 Å². The fourth-order valence-electron chi connectivity index (χ4n) is 2.57. The van der Waals surface area contributed by atoms with Crippen LogP contribution in [0.3, 0.4) is 0 Å². The van der Waals surface area contributed by atoms with Crippen LogP contribution in [0.2, 0.25) is 0 Å². The molecule has 1 aromatic heterocycles. The number of para-hydroxylation sites is 1. The van der Waals surface area contributed by atoms with E-state index in [2.05, 4.69) is 10.6 Å². The van der Waals surface area contributed by atoms with Crippen LogP contribution in [0.5, 0.6) is 0 Å². The average Bonchev–Trinajstić information content (AvgIpc) is 3.09. The van der Waals surface area contributed by atoms with Gasteiger partial charge < -0.3 is 20.2 Å². The Kier molecular flexibility index (Phi) is 6.36. The minimum Gasteiger partial charge on any atom is -0.467 e. The fourth-order valence-corrected chi connectivity index (χ4v) is 2.57. The molecule has 2 atom stereocenters. The minimum absolute atomic E-state index is 0.224. The second-order valence-electron chi connectivity index (χ2n) is 6.34. The zero-order chi connectivity index (χ0) is 18.4. The maximum absolute atomic E-state index is 12.1. The third-order valence-corrected chi connectivity index (χ3v) is 3.86. The van der Waals surface area contributed by atoms with Gasteiger partial charge in [0.1, 0.15) is 11.9 Å². The van der Waals surface area contributed by atoms with Crippen LogP contribution < -0.4 is 10.6 Å². The van der Waals surface area contributed by atoms with Gasteiger partial charge >= 0.3 is 11.8 Å². The van der Waals surface area contributed by atoms with Crippen molar-refractivity contribution < 1.29 is 19.1 Å². The summed E-state index contributed by atoms with van der Waals surface area (Å²) in [5.74, 6) is -0.816. The van der Waals surface area contributed by atoms with Gasteiger partial charge in [0.25, 0.3) is 0 Å². The van der Waals surface area contributed by atoms with Crippen LogP contribution in [0.4, 0.5) is 5.69 Å². The number of carbonyl (C=O) groups excluding carboxylic acids is 2. The molecule has 2 unspecified atom stereocenters. The van der Waals surface area contributed by atoms with Crippen molar-refractivity contribution in [1.82, 2.24) is 5.32 Å². The van der Waals surface area contributed by atoms with Crippen molar-refractivity contribution in [3.63, 3.8) is 0 Å². The van der Waals surface area contributed by atoms with Crippen LogP contribution in [-0.2, 0) is 9.59 Å². The Labute approximate surface area is 147 Å². The lowest BCUT2D eigenvalue weighted by molar-refractivity contribution is -0.136. The highest BCUT2D eigenvalue weighted by Crippen LogP contribution is 2.23. The van der Waals surface area contributed by atoms with Crippen LogP contribution in [0.25, 0.3) is 0 Å². The van der Waals surface area contributed by atoms with Crippen LogP contribution in [0, 0.1) is 0 Å². The van der Waals surface area contributed by atoms with Crippen LogP contribution >= 0.6 is 0 Å². The third-order valence-electron chi connectivity index (χ3n) is 3.86. The average molecular weight is 344 g/mol. The van der Waals surface area contributed by atoms with Gasteiger partial charge in [0.15, 0.2) is 0 Å². The predicted molar refractivity (Wildman–Crippen MR) is 95.1 cm³/mol. The number of benzene rings is 1. The first kappa shape index (κ1) is 18.7. The lowest BCUT2D eigenvalue weighted by Gasteiger charge is -2.17. The van der Waals surface area contributed by atoms with E-state index >= 15 is 0 Å². The Morgan fingerprint density at radius 2 is 1.80 bits per heavy atom. The molecule has 0 saturated heterocycles. The SMILES string of the molecule is CC(CC(O)c1ccco1)NC(=O)C(=O)Nc1ccccc1C(C)C. The van der Waals surface area contributed by atoms with Gasteiger partial charge in [-0.2, -0.15) is 0 Å². The summed E-state index contributed by atoms with van der Waals surface area (Å²) in [6.45, 7) is 5.76. The largest absolute Gasteiger partial charge is 0.467 e. The summed E-state index contributed by atoms with van der Waals surface area (Å²) in [4.78, 5) is 24.2. The topological polar surface area (TPSA) is 91.6 Å². The maximum Gasteiger partial charge on any atom is 0.313 e. The zero-order valence-electron chi connectivity index (χ0n) is 14.7. The van der Waals surface area contributed by atoms with Crippen molar-refractivity contribution in [3.8, 4) is 0 Å². The molecule has 0 fully saturated rings. The van der Waals surface area contributed by atoms with Crippen molar-refractivity contribution in [2.75, 3.05) is 5.32 Å². The molecule has 0 aliphatic rings. The van der Waals surface area contributed by atoms with Crippen molar-refractivity contribution in [3.05, 3.63) is 54.0 Å². The van der Waals surface area contributed by atoms with Gasteiger partial charge in [0, 0.05) is 18.2 Å². The van der Waals surface area contributed by atoms with Gasteiger partial charge in [-0.1, -0.05) is 32.0 Å². The van der Waals surface area contributed by atoms with E-state index < -0.39 is 24.0 Å². The number of furan rings is 1. The predicted octanol–water partition coefficient (Wildman–Crippen LogP) is 2.97. The first-order chi connectivity index (χ1) is 11.9. The Morgan fingerprint density at radius 3 is 2.44 bits per heavy atom. The standard InChI is InChI=1S/C19H24N2O4/c1-12(2)14-7-4-5-8-15(14)21-19(24)18(23)20-13(3)11-16(22)17-9-6-10-25-17/h4-10,12-13,16,22H,11H2,1-3H3,(H,20,23)(H,21,24). The van der Waals surface area contributed by atoms with E-state index in [0.717, 1.165) is 5.56 Å². The molecule has 0 saturated carbocycles. The lowest BCUT2D eigenvalue weighted by Crippen LogP contribution is -2.41. The van der Waals surface area contributed by atoms with E-state index in [1.807, 2.05) is 32.0 Å². The number of hydrogen-bond acceptors (Lipinski definition) is 4. The molecule has 0 radical (unpaired) electrons. The summed E-state index contributed by atoms with van der Waals surface area (Å²) in [5, 5.41) is 15.3. The second-order valence-corrected chi connectivity index (χ2v) is 6.34. The summed E-state index contributed by atoms with van der Waals surface area (Å²) in [6.07, 6.45) is 0.881. The molecule has 0 aliphatic heterocycles. The highest BCUT2D eigenvalue weighted by Gasteiger charge is 2.21. The molecule has 2 amide bonds. The van der Waals surface area contributed by atoms with Crippen molar-refractivity contribution >= 4 is 17.5 Å². The van der Waals surface area contributed by atoms with Gasteiger partial charge in [0.05, 0.1) is 6.26 Å². The molecule has 1 aromatic carbocycles. The Hall–Kier alpha value is -2.60. The first-order valence-electron chi connectivity index (χ1n) is 8.30. The van der Waals surface area contributed by atoms with E-state index in [1.54, 1.807) is 25.1 Å². The van der Waals surface area contributed by atoms with Crippen LogP contribution in [0.1, 0.15) is 50.5 Å². The number of hydrogen-bond donors (Lipinski definition) is 3. The normalized spacial score (nSPS) is 13.3. The number of aliphatic hydroxyl groups excluding tert-OH is 1. The van der Waals surface area contributed by atoms with Crippen LogP contribution in [-0.4, -0.2) is 23.0 Å². The summed E-state index contributed by atoms with van der Waals surface area (Å²) in [7, 11) is 0. The van der Waals surface area contributed by atoms with E-state index in [0.29, 0.717) is 11.4 Å². The molecule has 2 aromatic rings. The molecule has 25 heavy (non-hydrogen) atoms. The molecule has 0 bridgehead atoms. The highest BCUT2D eigenvalue weighted by molar-refractivity contribution is 6.39. The van der Waals surface area contributed by atoms with Crippen molar-refractivity contribution in [2.24, 2.45) is 0 Å². The number of nitrogens with one attached hydrogen (secondary N) is 2. The monoisotopic (exact) mass is 344 g/mol. The molecule has 1 heterocycles. The van der Waals surface area contributed by atoms with Crippen LogP contribution in [0.15, 0.2) is 47.1 Å². The summed E-state index contributed by atoms with van der Waals surface area (Å²) >= 11 is 0. The fraction of sp³-hybridized carbons (Fsp3) is 0.368. The first-order valence-corrected chi connectivity index (χ1v) is 8.30. The summed E-state index contributed by atoms with van der Waals surface area (Å²) in [6, 6.07) is 10.3. The second kappa shape index (κ2) is 8.48. The summed E-state index contributed by atoms with van der Waals surface area (Å²) in [5.41, 5.74) is 1.59. The number of amides is 2. The van der Waals surface area contributed by atoms with E-state index in [-0.39, 0.29) is 12.3 Å². The Morgan fingerprint density at radius 1 is 1.08 bits per heavy atom. The summed E-state index contributed by atoms with van der Waals surface area (Å²) < 4.78 is 5.12. The van der Waals surface area contributed by atoms with E-state index in [9.17, 15) is 14.7 Å². The molecule has 0 aliphatic carbocycles. The quantitative estimate of drug-likeness (QED) is 0.703. The molecule has 0 spiro atoms. The highest BCUT2D eigenvalue weighted by atomic mass is 16.4. The van der Waals surface area contributed by atoms with Gasteiger partial charge in [-0.15, -0.1) is 0 Å². The number of carbonyl (C=O) groups is 2. The van der Waals surface area contributed by atoms with E-state index in [1.165, 1.54) is 6.26 Å². The van der Waals surface area contributed by atoms with Crippen molar-refractivity contribution in [1.29, 1.82) is 0 Å². The molecule has 2 rings (SSSR count). The van der Waals surface area contributed by atoms with Gasteiger partial charge in [0.2, 0.25) is 0 Å². The molecule has 6 nitrogen and oxygen atoms in total. The van der Waals surface area contributed by atoms with Crippen molar-refractivity contribution in [2.45, 2.75) is 45.3 Å². The molecule has 6 heteroatoms.